The number of hydrogen-bond acceptors (Lipinski definition) is 3. The lowest BCUT2D eigenvalue weighted by Crippen LogP contribution is -2.04. The van der Waals surface area contributed by atoms with Crippen molar-refractivity contribution in [1.29, 1.82) is 0 Å². The Morgan fingerprint density at radius 1 is 1.07 bits per heavy atom. The molecule has 0 aliphatic carbocycles. The molecule has 3 nitrogen and oxygen atoms in total. The molecule has 0 rings (SSSR count). The van der Waals surface area contributed by atoms with Crippen LogP contribution in [-0.4, -0.2) is 19.4 Å². The van der Waals surface area contributed by atoms with Gasteiger partial charge in [0, 0.05) is 0 Å². The summed E-state index contributed by atoms with van der Waals surface area (Å²) in [6.07, 6.45) is 3.83. The van der Waals surface area contributed by atoms with E-state index >= 15 is 0 Å². The number of hydrogen-bond donors (Lipinski definition) is 0. The van der Waals surface area contributed by atoms with Gasteiger partial charge in [0.2, 0.25) is 0 Å². The summed E-state index contributed by atoms with van der Waals surface area (Å²) in [4.78, 5) is 0. The van der Waals surface area contributed by atoms with E-state index in [1.54, 1.807) is 0 Å². The largest absolute Gasteiger partial charge is 0.330 e. The quantitative estimate of drug-likeness (QED) is 0.566. The van der Waals surface area contributed by atoms with Crippen LogP contribution in [0.15, 0.2) is 0 Å². The molecule has 0 aliphatic heterocycles. The zero-order valence-electron chi connectivity index (χ0n) is 10.5. The second kappa shape index (κ2) is 8.32. The minimum atomic E-state index is -2.80. The van der Waals surface area contributed by atoms with E-state index in [0.29, 0.717) is 25.3 Å². The van der Waals surface area contributed by atoms with Crippen molar-refractivity contribution < 1.29 is 13.6 Å². The Hall–Kier alpha value is 0.150. The van der Waals surface area contributed by atoms with Gasteiger partial charge in [0.1, 0.15) is 0 Å². The number of rotatable bonds is 9. The molecule has 0 aromatic rings. The summed E-state index contributed by atoms with van der Waals surface area (Å²) in [6, 6.07) is 0. The van der Waals surface area contributed by atoms with Crippen LogP contribution in [-0.2, 0) is 13.6 Å². The Morgan fingerprint density at radius 2 is 1.60 bits per heavy atom. The van der Waals surface area contributed by atoms with Crippen molar-refractivity contribution in [3.05, 3.63) is 0 Å². The van der Waals surface area contributed by atoms with Gasteiger partial charge in [-0.05, 0) is 26.2 Å². The molecule has 1 unspecified atom stereocenters. The summed E-state index contributed by atoms with van der Waals surface area (Å²) >= 11 is 0. The molecule has 1 atom stereocenters. The fourth-order valence-electron chi connectivity index (χ4n) is 1.58. The molecule has 0 fully saturated rings. The van der Waals surface area contributed by atoms with Gasteiger partial charge >= 0.3 is 7.60 Å². The highest BCUT2D eigenvalue weighted by Gasteiger charge is 2.23. The van der Waals surface area contributed by atoms with E-state index in [0.717, 1.165) is 6.42 Å². The molecule has 0 spiro atoms. The molecule has 0 aliphatic rings. The maximum absolute atomic E-state index is 12.1. The zero-order valence-corrected chi connectivity index (χ0v) is 11.4. The highest BCUT2D eigenvalue weighted by molar-refractivity contribution is 7.53. The van der Waals surface area contributed by atoms with E-state index < -0.39 is 7.60 Å². The second-order valence-corrected chi connectivity index (χ2v) is 6.04. The average molecular weight is 236 g/mol. The maximum atomic E-state index is 12.1. The standard InChI is InChI=1S/C11H25O3P/c1-5-8-11(4)9-10-15(12,13-6-2)14-7-3/h11H,5-10H2,1-4H3. The first-order valence-corrected chi connectivity index (χ1v) is 7.68. The van der Waals surface area contributed by atoms with Crippen LogP contribution in [0.2, 0.25) is 0 Å². The van der Waals surface area contributed by atoms with E-state index in [1.165, 1.54) is 12.8 Å². The van der Waals surface area contributed by atoms with Crippen molar-refractivity contribution in [2.75, 3.05) is 19.4 Å². The van der Waals surface area contributed by atoms with Gasteiger partial charge in [-0.1, -0.05) is 26.7 Å². The normalized spacial score (nSPS) is 14.1. The van der Waals surface area contributed by atoms with Crippen LogP contribution in [0.5, 0.6) is 0 Å². The molecule has 4 heteroatoms. The maximum Gasteiger partial charge on any atom is 0.330 e. The van der Waals surface area contributed by atoms with Gasteiger partial charge in [-0.15, -0.1) is 0 Å². The zero-order chi connectivity index (χ0) is 11.7. The summed E-state index contributed by atoms with van der Waals surface area (Å²) in [5, 5.41) is 0. The van der Waals surface area contributed by atoms with Crippen molar-refractivity contribution in [3.8, 4) is 0 Å². The van der Waals surface area contributed by atoms with Crippen molar-refractivity contribution in [1.82, 2.24) is 0 Å². The molecule has 0 heterocycles. The lowest BCUT2D eigenvalue weighted by molar-refractivity contribution is 0.218. The SMILES string of the molecule is CCCC(C)CCP(=O)(OCC)OCC. The molecule has 0 amide bonds. The minimum absolute atomic E-state index is 0.458. The molecule has 0 radical (unpaired) electrons. The molecule has 15 heavy (non-hydrogen) atoms. The third-order valence-corrected chi connectivity index (χ3v) is 4.44. The topological polar surface area (TPSA) is 35.5 Å². The molecule has 92 valence electrons. The Bertz CT molecular complexity index is 184. The van der Waals surface area contributed by atoms with E-state index in [9.17, 15) is 4.57 Å². The highest BCUT2D eigenvalue weighted by atomic mass is 31.2. The van der Waals surface area contributed by atoms with Crippen LogP contribution in [0.1, 0.15) is 47.0 Å². The van der Waals surface area contributed by atoms with Gasteiger partial charge < -0.3 is 9.05 Å². The minimum Gasteiger partial charge on any atom is -0.309 e. The molecule has 0 bridgehead atoms. The third kappa shape index (κ3) is 7.10. The Labute approximate surface area is 94.1 Å². The molecule has 0 aromatic heterocycles. The smallest absolute Gasteiger partial charge is 0.309 e. The average Bonchev–Trinajstić information content (AvgIpc) is 2.16. The molecule has 0 aromatic carbocycles. The monoisotopic (exact) mass is 236 g/mol. The van der Waals surface area contributed by atoms with Crippen LogP contribution >= 0.6 is 7.60 Å². The van der Waals surface area contributed by atoms with Gasteiger partial charge in [-0.2, -0.15) is 0 Å². The van der Waals surface area contributed by atoms with Crippen LogP contribution in [0.3, 0.4) is 0 Å². The van der Waals surface area contributed by atoms with Gasteiger partial charge in [-0.25, -0.2) is 0 Å². The second-order valence-electron chi connectivity index (χ2n) is 3.85. The molecular weight excluding hydrogens is 211 g/mol. The summed E-state index contributed by atoms with van der Waals surface area (Å²) < 4.78 is 22.5. The van der Waals surface area contributed by atoms with E-state index in [1.807, 2.05) is 13.8 Å². The van der Waals surface area contributed by atoms with Crippen LogP contribution in [0.4, 0.5) is 0 Å². The van der Waals surface area contributed by atoms with Crippen molar-refractivity contribution in [2.24, 2.45) is 5.92 Å². The summed E-state index contributed by atoms with van der Waals surface area (Å²) in [5.74, 6) is 0.601. The first-order chi connectivity index (χ1) is 7.08. The van der Waals surface area contributed by atoms with Gasteiger partial charge in [0.25, 0.3) is 0 Å². The van der Waals surface area contributed by atoms with E-state index in [2.05, 4.69) is 13.8 Å². The van der Waals surface area contributed by atoms with E-state index in [-0.39, 0.29) is 0 Å². The van der Waals surface area contributed by atoms with Crippen LogP contribution in [0, 0.1) is 5.92 Å². The predicted octanol–water partition coefficient (Wildman–Crippen LogP) is 4.08. The van der Waals surface area contributed by atoms with Crippen molar-refractivity contribution >= 4 is 7.60 Å². The van der Waals surface area contributed by atoms with Gasteiger partial charge in [0.15, 0.2) is 0 Å². The van der Waals surface area contributed by atoms with Crippen molar-refractivity contribution in [2.45, 2.75) is 47.0 Å². The first kappa shape index (κ1) is 15.2. The summed E-state index contributed by atoms with van der Waals surface area (Å²) in [7, 11) is -2.80. The predicted molar refractivity (Wildman–Crippen MR) is 64.4 cm³/mol. The summed E-state index contributed by atoms with van der Waals surface area (Å²) in [5.41, 5.74) is 0. The van der Waals surface area contributed by atoms with Crippen LogP contribution in [0.25, 0.3) is 0 Å². The molecule has 0 N–H and O–H groups in total. The molecule has 0 saturated carbocycles. The fourth-order valence-corrected chi connectivity index (χ4v) is 3.45. The lowest BCUT2D eigenvalue weighted by atomic mass is 10.0. The Balaban J connectivity index is 4.00. The first-order valence-electron chi connectivity index (χ1n) is 5.96. The lowest BCUT2D eigenvalue weighted by Gasteiger charge is -2.18. The fraction of sp³-hybridized carbons (Fsp3) is 1.00. The Morgan fingerprint density at radius 3 is 2.00 bits per heavy atom. The Kier molecular flexibility index (Phi) is 8.40. The third-order valence-electron chi connectivity index (χ3n) is 2.33. The van der Waals surface area contributed by atoms with Crippen molar-refractivity contribution in [3.63, 3.8) is 0 Å². The highest BCUT2D eigenvalue weighted by Crippen LogP contribution is 2.49. The van der Waals surface area contributed by atoms with Crippen LogP contribution < -0.4 is 0 Å². The summed E-state index contributed by atoms with van der Waals surface area (Å²) in [6.45, 7) is 8.97. The van der Waals surface area contributed by atoms with Gasteiger partial charge in [0.05, 0.1) is 19.4 Å². The molecule has 0 saturated heterocycles. The van der Waals surface area contributed by atoms with Gasteiger partial charge in [-0.3, -0.25) is 4.57 Å². The van der Waals surface area contributed by atoms with E-state index in [4.69, 9.17) is 9.05 Å². The molecular formula is C11H25O3P.